The molecular formula is C20H24N2O2S. The normalized spacial score (nSPS) is 11.7. The molecule has 2 aromatic carbocycles. The van der Waals surface area contributed by atoms with E-state index in [1.54, 1.807) is 7.05 Å². The fourth-order valence-corrected chi connectivity index (χ4v) is 3.55. The van der Waals surface area contributed by atoms with Crippen molar-refractivity contribution in [2.45, 2.75) is 30.9 Å². The molecule has 0 aromatic heterocycles. The molecule has 4 nitrogen and oxygen atoms in total. The van der Waals surface area contributed by atoms with Crippen molar-refractivity contribution in [1.29, 1.82) is 0 Å². The topological polar surface area (TPSA) is 49.4 Å². The summed E-state index contributed by atoms with van der Waals surface area (Å²) < 4.78 is 0. The first kappa shape index (κ1) is 19.1. The molecule has 0 aliphatic carbocycles. The standard InChI is InChI=1S/C20H24N2O2S/c1-14-9-8-10-15(2)19(14)21-18(23)13-22(4)20(24)16(3)25-17-11-6-5-7-12-17/h5-12,16H,13H2,1-4H3,(H,21,23). The Morgan fingerprint density at radius 3 is 2.24 bits per heavy atom. The Hall–Kier alpha value is -2.27. The first-order chi connectivity index (χ1) is 11.9. The second kappa shape index (κ2) is 8.72. The summed E-state index contributed by atoms with van der Waals surface area (Å²) in [5.74, 6) is -0.254. The number of nitrogens with zero attached hydrogens (tertiary/aromatic N) is 1. The van der Waals surface area contributed by atoms with Crippen LogP contribution in [0.25, 0.3) is 0 Å². The van der Waals surface area contributed by atoms with E-state index in [1.807, 2.05) is 69.3 Å². The van der Waals surface area contributed by atoms with Crippen molar-refractivity contribution < 1.29 is 9.59 Å². The average molecular weight is 356 g/mol. The lowest BCUT2D eigenvalue weighted by Gasteiger charge is -2.21. The molecule has 0 saturated heterocycles. The number of aryl methyl sites for hydroxylation is 2. The van der Waals surface area contributed by atoms with Gasteiger partial charge in [-0.2, -0.15) is 0 Å². The Balaban J connectivity index is 1.92. The van der Waals surface area contributed by atoms with Crippen LogP contribution in [-0.2, 0) is 9.59 Å². The molecule has 2 rings (SSSR count). The van der Waals surface area contributed by atoms with Crippen molar-refractivity contribution in [3.05, 3.63) is 59.7 Å². The highest BCUT2D eigenvalue weighted by Crippen LogP contribution is 2.24. The van der Waals surface area contributed by atoms with Crippen LogP contribution in [0.4, 0.5) is 5.69 Å². The van der Waals surface area contributed by atoms with Gasteiger partial charge in [-0.15, -0.1) is 11.8 Å². The number of benzene rings is 2. The van der Waals surface area contributed by atoms with E-state index in [4.69, 9.17) is 0 Å². The summed E-state index contributed by atoms with van der Waals surface area (Å²) in [5, 5.41) is 2.66. The first-order valence-electron chi connectivity index (χ1n) is 8.21. The van der Waals surface area contributed by atoms with Gasteiger partial charge < -0.3 is 10.2 Å². The minimum atomic E-state index is -0.250. The zero-order valence-electron chi connectivity index (χ0n) is 15.1. The summed E-state index contributed by atoms with van der Waals surface area (Å²) in [7, 11) is 1.66. The molecule has 0 heterocycles. The van der Waals surface area contributed by atoms with Gasteiger partial charge in [-0.1, -0.05) is 36.4 Å². The summed E-state index contributed by atoms with van der Waals surface area (Å²) >= 11 is 1.49. The fraction of sp³-hybridized carbons (Fsp3) is 0.300. The number of carbonyl (C=O) groups excluding carboxylic acids is 2. The maximum absolute atomic E-state index is 12.5. The van der Waals surface area contributed by atoms with Crippen LogP contribution in [0, 0.1) is 13.8 Å². The summed E-state index contributed by atoms with van der Waals surface area (Å²) in [6.45, 7) is 5.80. The second-order valence-corrected chi connectivity index (χ2v) is 7.50. The Bertz CT molecular complexity index is 726. The minimum absolute atomic E-state index is 0.0340. The smallest absolute Gasteiger partial charge is 0.243 e. The molecule has 25 heavy (non-hydrogen) atoms. The zero-order chi connectivity index (χ0) is 18.4. The lowest BCUT2D eigenvalue weighted by atomic mass is 10.1. The molecule has 1 N–H and O–H groups in total. The van der Waals surface area contributed by atoms with Crippen molar-refractivity contribution >= 4 is 29.3 Å². The molecule has 0 bridgehead atoms. The summed E-state index contributed by atoms with van der Waals surface area (Å²) in [6, 6.07) is 15.7. The van der Waals surface area contributed by atoms with Crippen LogP contribution in [0.1, 0.15) is 18.1 Å². The van der Waals surface area contributed by atoms with Crippen LogP contribution in [0.15, 0.2) is 53.4 Å². The molecule has 0 aliphatic rings. The van der Waals surface area contributed by atoms with Gasteiger partial charge in [0.05, 0.1) is 11.8 Å². The Kier molecular flexibility index (Phi) is 6.65. The number of likely N-dealkylation sites (N-methyl/N-ethyl adjacent to an activating group) is 1. The van der Waals surface area contributed by atoms with Crippen LogP contribution in [0.2, 0.25) is 0 Å². The van der Waals surface area contributed by atoms with E-state index in [0.717, 1.165) is 21.7 Å². The maximum Gasteiger partial charge on any atom is 0.243 e. The number of para-hydroxylation sites is 1. The fourth-order valence-electron chi connectivity index (χ4n) is 2.55. The molecule has 2 aromatic rings. The van der Waals surface area contributed by atoms with E-state index in [1.165, 1.54) is 16.7 Å². The van der Waals surface area contributed by atoms with Crippen LogP contribution >= 0.6 is 11.8 Å². The monoisotopic (exact) mass is 356 g/mol. The van der Waals surface area contributed by atoms with Crippen molar-refractivity contribution in [3.8, 4) is 0 Å². The Labute approximate surface area is 153 Å². The van der Waals surface area contributed by atoms with E-state index in [-0.39, 0.29) is 23.6 Å². The van der Waals surface area contributed by atoms with Crippen molar-refractivity contribution in [2.75, 3.05) is 18.9 Å². The molecule has 1 atom stereocenters. The van der Waals surface area contributed by atoms with Crippen LogP contribution < -0.4 is 5.32 Å². The quantitative estimate of drug-likeness (QED) is 0.799. The first-order valence-corrected chi connectivity index (χ1v) is 9.09. The zero-order valence-corrected chi connectivity index (χ0v) is 15.9. The molecule has 0 aliphatic heterocycles. The van der Waals surface area contributed by atoms with Gasteiger partial charge in [0.1, 0.15) is 0 Å². The van der Waals surface area contributed by atoms with Crippen LogP contribution in [0.5, 0.6) is 0 Å². The third-order valence-electron chi connectivity index (χ3n) is 3.91. The van der Waals surface area contributed by atoms with Crippen molar-refractivity contribution in [3.63, 3.8) is 0 Å². The van der Waals surface area contributed by atoms with E-state index in [0.29, 0.717) is 0 Å². The van der Waals surface area contributed by atoms with Gasteiger partial charge in [0.2, 0.25) is 11.8 Å². The maximum atomic E-state index is 12.5. The van der Waals surface area contributed by atoms with E-state index in [2.05, 4.69) is 5.32 Å². The molecule has 0 fully saturated rings. The van der Waals surface area contributed by atoms with Gasteiger partial charge in [-0.3, -0.25) is 9.59 Å². The Morgan fingerprint density at radius 2 is 1.64 bits per heavy atom. The highest BCUT2D eigenvalue weighted by Gasteiger charge is 2.21. The number of carbonyl (C=O) groups is 2. The van der Waals surface area contributed by atoms with Gasteiger partial charge in [0.15, 0.2) is 0 Å². The minimum Gasteiger partial charge on any atom is -0.335 e. The number of hydrogen-bond acceptors (Lipinski definition) is 3. The summed E-state index contributed by atoms with van der Waals surface area (Å²) in [4.78, 5) is 27.3. The van der Waals surface area contributed by atoms with Gasteiger partial charge in [0.25, 0.3) is 0 Å². The van der Waals surface area contributed by atoms with Gasteiger partial charge in [-0.05, 0) is 44.0 Å². The Morgan fingerprint density at radius 1 is 1.04 bits per heavy atom. The molecule has 0 spiro atoms. The molecular weight excluding hydrogens is 332 g/mol. The number of rotatable bonds is 6. The average Bonchev–Trinajstić information content (AvgIpc) is 2.58. The lowest BCUT2D eigenvalue weighted by Crippen LogP contribution is -2.39. The van der Waals surface area contributed by atoms with Crippen LogP contribution in [-0.4, -0.2) is 35.6 Å². The second-order valence-electron chi connectivity index (χ2n) is 6.08. The van der Waals surface area contributed by atoms with Gasteiger partial charge in [0, 0.05) is 17.6 Å². The largest absolute Gasteiger partial charge is 0.335 e. The van der Waals surface area contributed by atoms with E-state index < -0.39 is 0 Å². The van der Waals surface area contributed by atoms with E-state index >= 15 is 0 Å². The summed E-state index contributed by atoms with van der Waals surface area (Å²) in [5.41, 5.74) is 2.84. The van der Waals surface area contributed by atoms with E-state index in [9.17, 15) is 9.59 Å². The lowest BCUT2D eigenvalue weighted by molar-refractivity contribution is -0.132. The number of nitrogens with one attached hydrogen (secondary N) is 1. The number of hydrogen-bond donors (Lipinski definition) is 1. The predicted molar refractivity (Wildman–Crippen MR) is 104 cm³/mol. The molecule has 2 amide bonds. The van der Waals surface area contributed by atoms with Gasteiger partial charge >= 0.3 is 0 Å². The van der Waals surface area contributed by atoms with Crippen molar-refractivity contribution in [2.24, 2.45) is 0 Å². The summed E-state index contributed by atoms with van der Waals surface area (Å²) in [6.07, 6.45) is 0. The molecule has 0 radical (unpaired) electrons. The highest BCUT2D eigenvalue weighted by molar-refractivity contribution is 8.00. The van der Waals surface area contributed by atoms with Crippen LogP contribution in [0.3, 0.4) is 0 Å². The van der Waals surface area contributed by atoms with Crippen molar-refractivity contribution in [1.82, 2.24) is 4.90 Å². The molecule has 1 unspecified atom stereocenters. The predicted octanol–water partition coefficient (Wildman–Crippen LogP) is 3.88. The molecule has 0 saturated carbocycles. The number of amides is 2. The number of thioether (sulfide) groups is 1. The number of anilines is 1. The molecule has 132 valence electrons. The molecule has 5 heteroatoms. The third kappa shape index (κ3) is 5.36. The van der Waals surface area contributed by atoms with Gasteiger partial charge in [-0.25, -0.2) is 0 Å². The SMILES string of the molecule is Cc1cccc(C)c1NC(=O)CN(C)C(=O)C(C)Sc1ccccc1. The highest BCUT2D eigenvalue weighted by atomic mass is 32.2. The third-order valence-corrected chi connectivity index (χ3v) is 5.01.